The number of ether oxygens (including phenoxy) is 2. The van der Waals surface area contributed by atoms with Gasteiger partial charge in [0.1, 0.15) is 0 Å². The fraction of sp³-hybridized carbons (Fsp3) is 0.312. The van der Waals surface area contributed by atoms with Crippen LogP contribution < -0.4 is 14.8 Å². The van der Waals surface area contributed by atoms with Crippen LogP contribution in [0.5, 0.6) is 11.5 Å². The quantitative estimate of drug-likeness (QED) is 0.739. The second-order valence-corrected chi connectivity index (χ2v) is 5.30. The van der Waals surface area contributed by atoms with Gasteiger partial charge in [-0.25, -0.2) is 4.98 Å². The van der Waals surface area contributed by atoms with Gasteiger partial charge >= 0.3 is 0 Å². The molecule has 0 radical (unpaired) electrons. The van der Waals surface area contributed by atoms with Gasteiger partial charge in [0.05, 0.1) is 19.8 Å². The molecule has 1 N–H and O–H groups in total. The first-order chi connectivity index (χ1) is 10.3. The third-order valence-electron chi connectivity index (χ3n) is 3.02. The molecule has 0 bridgehead atoms. The molecule has 2 aromatic rings. The maximum atomic E-state index is 5.55. The van der Waals surface area contributed by atoms with Crippen LogP contribution in [-0.4, -0.2) is 18.7 Å². The van der Waals surface area contributed by atoms with Crippen LogP contribution in [0.3, 0.4) is 0 Å². The third kappa shape index (κ3) is 3.98. The first kappa shape index (κ1) is 15.4. The largest absolute Gasteiger partial charge is 0.493 e. The lowest BCUT2D eigenvalue weighted by molar-refractivity contribution is 0.310. The van der Waals surface area contributed by atoms with Crippen LogP contribution in [0.2, 0.25) is 0 Å². The molecule has 1 heterocycles. The zero-order valence-electron chi connectivity index (χ0n) is 12.3. The molecular weight excluding hydrogens is 284 g/mol. The Morgan fingerprint density at radius 3 is 2.90 bits per heavy atom. The highest BCUT2D eigenvalue weighted by Gasteiger charge is 2.14. The lowest BCUT2D eigenvalue weighted by Crippen LogP contribution is -2.10. The summed E-state index contributed by atoms with van der Waals surface area (Å²) in [6.45, 7) is 6.40. The monoisotopic (exact) mass is 304 g/mol. The number of rotatable bonds is 8. The molecule has 2 rings (SSSR count). The number of hydrogen-bond acceptors (Lipinski definition) is 5. The average molecular weight is 304 g/mol. The lowest BCUT2D eigenvalue weighted by Gasteiger charge is -2.19. The Morgan fingerprint density at radius 2 is 2.29 bits per heavy atom. The van der Waals surface area contributed by atoms with Crippen LogP contribution >= 0.6 is 11.3 Å². The molecule has 0 aliphatic heterocycles. The van der Waals surface area contributed by atoms with E-state index < -0.39 is 0 Å². The van der Waals surface area contributed by atoms with Crippen molar-refractivity contribution in [3.63, 3.8) is 0 Å². The van der Waals surface area contributed by atoms with Gasteiger partial charge in [-0.1, -0.05) is 12.1 Å². The summed E-state index contributed by atoms with van der Waals surface area (Å²) in [5, 5.41) is 6.27. The standard InChI is InChI=1S/C16H20N2O2S/c1-4-6-13(18-16-17-9-10-21-16)12-7-8-14(20-5-2)15(11-12)19-3/h4,7-11,13H,1,5-6H2,2-3H3,(H,17,18). The number of methoxy groups -OCH3 is 1. The van der Waals surface area contributed by atoms with Crippen molar-refractivity contribution < 1.29 is 9.47 Å². The number of nitrogens with zero attached hydrogens (tertiary/aromatic N) is 1. The molecule has 0 spiro atoms. The third-order valence-corrected chi connectivity index (χ3v) is 3.73. The maximum Gasteiger partial charge on any atom is 0.183 e. The SMILES string of the molecule is C=CCC(Nc1nccs1)c1ccc(OCC)c(OC)c1. The van der Waals surface area contributed by atoms with Crippen molar-refractivity contribution in [2.24, 2.45) is 0 Å². The van der Waals surface area contributed by atoms with Gasteiger partial charge in [0.2, 0.25) is 0 Å². The van der Waals surface area contributed by atoms with E-state index in [-0.39, 0.29) is 6.04 Å². The van der Waals surface area contributed by atoms with E-state index in [1.165, 1.54) is 0 Å². The van der Waals surface area contributed by atoms with Crippen LogP contribution in [0.15, 0.2) is 42.4 Å². The second kappa shape index (κ2) is 7.69. The fourth-order valence-electron chi connectivity index (χ4n) is 2.06. The Kier molecular flexibility index (Phi) is 5.63. The second-order valence-electron chi connectivity index (χ2n) is 4.40. The molecule has 4 nitrogen and oxygen atoms in total. The molecule has 1 aromatic carbocycles. The molecule has 0 saturated heterocycles. The molecule has 0 amide bonds. The van der Waals surface area contributed by atoms with E-state index in [9.17, 15) is 0 Å². The summed E-state index contributed by atoms with van der Waals surface area (Å²) >= 11 is 1.58. The van der Waals surface area contributed by atoms with Gasteiger partial charge in [0, 0.05) is 11.6 Å². The van der Waals surface area contributed by atoms with Crippen molar-refractivity contribution >= 4 is 16.5 Å². The smallest absolute Gasteiger partial charge is 0.183 e. The summed E-state index contributed by atoms with van der Waals surface area (Å²) < 4.78 is 11.0. The summed E-state index contributed by atoms with van der Waals surface area (Å²) in [4.78, 5) is 4.27. The maximum absolute atomic E-state index is 5.55. The minimum Gasteiger partial charge on any atom is -0.493 e. The van der Waals surface area contributed by atoms with Crippen molar-refractivity contribution in [3.05, 3.63) is 48.0 Å². The molecule has 1 unspecified atom stereocenters. The van der Waals surface area contributed by atoms with Gasteiger partial charge < -0.3 is 14.8 Å². The Hall–Kier alpha value is -2.01. The normalized spacial score (nSPS) is 11.7. The Bertz CT molecular complexity index is 570. The molecule has 5 heteroatoms. The zero-order valence-corrected chi connectivity index (χ0v) is 13.2. The molecule has 0 fully saturated rings. The average Bonchev–Trinajstić information content (AvgIpc) is 3.00. The number of anilines is 1. The van der Waals surface area contributed by atoms with Gasteiger partial charge in [-0.05, 0) is 31.0 Å². The molecular formula is C16H20N2O2S. The highest BCUT2D eigenvalue weighted by Crippen LogP contribution is 2.33. The van der Waals surface area contributed by atoms with Gasteiger partial charge in [-0.15, -0.1) is 17.9 Å². The number of thiazole rings is 1. The van der Waals surface area contributed by atoms with Crippen molar-refractivity contribution in [2.75, 3.05) is 19.0 Å². The predicted octanol–water partition coefficient (Wildman–Crippen LogP) is 4.28. The molecule has 112 valence electrons. The van der Waals surface area contributed by atoms with Crippen LogP contribution in [0.25, 0.3) is 0 Å². The van der Waals surface area contributed by atoms with E-state index in [2.05, 4.69) is 16.9 Å². The summed E-state index contributed by atoms with van der Waals surface area (Å²) in [6, 6.07) is 6.09. The highest BCUT2D eigenvalue weighted by molar-refractivity contribution is 7.13. The Labute approximate surface area is 129 Å². The van der Waals surface area contributed by atoms with Crippen LogP contribution in [0.1, 0.15) is 24.9 Å². The van der Waals surface area contributed by atoms with Crippen molar-refractivity contribution in [3.8, 4) is 11.5 Å². The minimum absolute atomic E-state index is 0.109. The van der Waals surface area contributed by atoms with Crippen molar-refractivity contribution in [1.82, 2.24) is 4.98 Å². The summed E-state index contributed by atoms with van der Waals surface area (Å²) in [6.07, 6.45) is 4.49. The van der Waals surface area contributed by atoms with E-state index in [0.717, 1.165) is 28.6 Å². The fourth-order valence-corrected chi connectivity index (χ4v) is 2.65. The van der Waals surface area contributed by atoms with E-state index in [1.807, 2.05) is 36.6 Å². The first-order valence-electron chi connectivity index (χ1n) is 6.86. The molecule has 21 heavy (non-hydrogen) atoms. The van der Waals surface area contributed by atoms with Gasteiger partial charge in [-0.2, -0.15) is 0 Å². The first-order valence-corrected chi connectivity index (χ1v) is 7.74. The lowest BCUT2D eigenvalue weighted by atomic mass is 10.0. The zero-order chi connectivity index (χ0) is 15.1. The van der Waals surface area contributed by atoms with Crippen molar-refractivity contribution in [2.45, 2.75) is 19.4 Å². The summed E-state index contributed by atoms with van der Waals surface area (Å²) in [5.41, 5.74) is 1.12. The molecule has 0 aliphatic rings. The van der Waals surface area contributed by atoms with Gasteiger partial charge in [-0.3, -0.25) is 0 Å². The van der Waals surface area contributed by atoms with Gasteiger partial charge in [0.15, 0.2) is 16.6 Å². The summed E-state index contributed by atoms with van der Waals surface area (Å²) in [5.74, 6) is 1.50. The predicted molar refractivity (Wildman–Crippen MR) is 87.5 cm³/mol. The molecule has 0 aliphatic carbocycles. The van der Waals surface area contributed by atoms with E-state index in [0.29, 0.717) is 6.61 Å². The number of nitrogens with one attached hydrogen (secondary N) is 1. The number of hydrogen-bond donors (Lipinski definition) is 1. The molecule has 1 atom stereocenters. The van der Waals surface area contributed by atoms with E-state index in [1.54, 1.807) is 24.6 Å². The Morgan fingerprint density at radius 1 is 1.43 bits per heavy atom. The number of aromatic nitrogens is 1. The van der Waals surface area contributed by atoms with Crippen LogP contribution in [0, 0.1) is 0 Å². The molecule has 1 aromatic heterocycles. The minimum atomic E-state index is 0.109. The van der Waals surface area contributed by atoms with E-state index in [4.69, 9.17) is 9.47 Å². The van der Waals surface area contributed by atoms with Crippen LogP contribution in [0.4, 0.5) is 5.13 Å². The van der Waals surface area contributed by atoms with E-state index >= 15 is 0 Å². The van der Waals surface area contributed by atoms with Crippen molar-refractivity contribution in [1.29, 1.82) is 0 Å². The summed E-state index contributed by atoms with van der Waals surface area (Å²) in [7, 11) is 1.65. The molecule has 0 saturated carbocycles. The topological polar surface area (TPSA) is 43.4 Å². The highest BCUT2D eigenvalue weighted by atomic mass is 32.1. The number of benzene rings is 1. The van der Waals surface area contributed by atoms with Gasteiger partial charge in [0.25, 0.3) is 0 Å². The Balaban J connectivity index is 2.24. The van der Waals surface area contributed by atoms with Crippen LogP contribution in [-0.2, 0) is 0 Å².